The summed E-state index contributed by atoms with van der Waals surface area (Å²) in [6.07, 6.45) is 3.27. The van der Waals surface area contributed by atoms with E-state index >= 15 is 0 Å². The number of aliphatic hydroxyl groups excluding tert-OH is 1. The summed E-state index contributed by atoms with van der Waals surface area (Å²) < 4.78 is 12.4. The third kappa shape index (κ3) is 3.36. The predicted molar refractivity (Wildman–Crippen MR) is 119 cm³/mol. The van der Waals surface area contributed by atoms with Gasteiger partial charge in [-0.2, -0.15) is 0 Å². The van der Waals surface area contributed by atoms with E-state index in [0.29, 0.717) is 34.1 Å². The number of Topliss-reactive ketones (excluding diaryl/α,β-unsaturated/α-hetero) is 1. The van der Waals surface area contributed by atoms with E-state index in [-0.39, 0.29) is 17.9 Å². The Morgan fingerprint density at radius 1 is 1.12 bits per heavy atom. The van der Waals surface area contributed by atoms with E-state index in [0.717, 1.165) is 0 Å². The Labute approximate surface area is 189 Å². The van der Waals surface area contributed by atoms with Crippen LogP contribution in [0, 0.1) is 6.92 Å². The number of likely N-dealkylation sites (tertiary alicyclic amines) is 1. The van der Waals surface area contributed by atoms with Crippen LogP contribution in [0.3, 0.4) is 0 Å². The smallest absolute Gasteiger partial charge is 0.296 e. The van der Waals surface area contributed by atoms with Crippen molar-refractivity contribution in [3.8, 4) is 5.75 Å². The summed E-state index contributed by atoms with van der Waals surface area (Å²) in [6.45, 7) is 1.83. The maximum absolute atomic E-state index is 13.2. The molecule has 1 fully saturated rings. The monoisotopic (exact) mass is 443 g/mol. The van der Waals surface area contributed by atoms with Crippen LogP contribution in [0.5, 0.6) is 5.75 Å². The third-order valence-electron chi connectivity index (χ3n) is 5.81. The first kappa shape index (κ1) is 20.6. The lowest BCUT2D eigenvalue weighted by molar-refractivity contribution is -0.140. The predicted octanol–water partition coefficient (Wildman–Crippen LogP) is 3.87. The molecule has 0 saturated carbocycles. The van der Waals surface area contributed by atoms with Crippen LogP contribution in [0.4, 0.5) is 0 Å². The number of hydrogen-bond donors (Lipinski definition) is 1. The molecule has 0 bridgehead atoms. The number of carbonyl (C=O) groups is 2. The van der Waals surface area contributed by atoms with Crippen molar-refractivity contribution < 1.29 is 23.8 Å². The number of nitrogens with zero attached hydrogens (tertiary/aromatic N) is 3. The van der Waals surface area contributed by atoms with Crippen LogP contribution in [0.2, 0.25) is 0 Å². The lowest BCUT2D eigenvalue weighted by atomic mass is 9.96. The van der Waals surface area contributed by atoms with Crippen LogP contribution in [-0.4, -0.2) is 38.2 Å². The molecular formula is C25H21N3O5. The third-order valence-corrected chi connectivity index (χ3v) is 5.81. The highest BCUT2D eigenvalue weighted by Gasteiger charge is 2.46. The second kappa shape index (κ2) is 7.98. The zero-order valence-electron chi connectivity index (χ0n) is 18.1. The van der Waals surface area contributed by atoms with Gasteiger partial charge in [-0.05, 0) is 48.9 Å². The first-order valence-corrected chi connectivity index (χ1v) is 10.4. The summed E-state index contributed by atoms with van der Waals surface area (Å²) >= 11 is 0. The Balaban J connectivity index is 1.71. The number of amides is 1. The Morgan fingerprint density at radius 2 is 1.91 bits per heavy atom. The average molecular weight is 443 g/mol. The van der Waals surface area contributed by atoms with Crippen LogP contribution in [0.25, 0.3) is 11.4 Å². The molecular weight excluding hydrogens is 422 g/mol. The van der Waals surface area contributed by atoms with Crippen molar-refractivity contribution in [3.05, 3.63) is 95.3 Å². The highest BCUT2D eigenvalue weighted by Crippen LogP contribution is 2.41. The first-order valence-electron chi connectivity index (χ1n) is 10.4. The second-order valence-electron chi connectivity index (χ2n) is 7.75. The molecule has 4 aromatic rings. The van der Waals surface area contributed by atoms with Crippen molar-refractivity contribution in [1.29, 1.82) is 0 Å². The van der Waals surface area contributed by atoms with Gasteiger partial charge in [-0.3, -0.25) is 14.0 Å². The van der Waals surface area contributed by atoms with E-state index < -0.39 is 17.7 Å². The van der Waals surface area contributed by atoms with Gasteiger partial charge >= 0.3 is 0 Å². The molecule has 166 valence electrons. The van der Waals surface area contributed by atoms with Crippen LogP contribution in [0.15, 0.2) is 77.0 Å². The number of aromatic nitrogens is 2. The fourth-order valence-corrected chi connectivity index (χ4v) is 4.27. The standard InChI is InChI=1S/C25H21N3O5/c1-15-21(27-12-4-3-7-19(27)26-15)23(29)20-22(16-8-10-17(32-2)11-9-16)28(25(31)24(20)30)14-18-6-5-13-33-18/h3-13,22,29H,14H2,1-2H3/b23-20+. The van der Waals surface area contributed by atoms with Gasteiger partial charge in [0.15, 0.2) is 5.76 Å². The molecule has 1 atom stereocenters. The van der Waals surface area contributed by atoms with Crippen LogP contribution in [0.1, 0.15) is 28.8 Å². The topological polar surface area (TPSA) is 97.3 Å². The minimum atomic E-state index is -0.810. The van der Waals surface area contributed by atoms with Crippen molar-refractivity contribution in [2.75, 3.05) is 7.11 Å². The van der Waals surface area contributed by atoms with Gasteiger partial charge in [0, 0.05) is 6.20 Å². The number of methoxy groups -OCH3 is 1. The molecule has 0 spiro atoms. The Bertz CT molecular complexity index is 1380. The lowest BCUT2D eigenvalue weighted by Gasteiger charge is -2.24. The summed E-state index contributed by atoms with van der Waals surface area (Å²) in [7, 11) is 1.56. The van der Waals surface area contributed by atoms with Crippen LogP contribution in [-0.2, 0) is 16.1 Å². The van der Waals surface area contributed by atoms with Gasteiger partial charge in [0.25, 0.3) is 11.7 Å². The number of benzene rings is 1. The number of furan rings is 1. The molecule has 0 aliphatic carbocycles. The molecule has 4 heterocycles. The molecule has 0 radical (unpaired) electrons. The summed E-state index contributed by atoms with van der Waals surface area (Å²) in [5.74, 6) is -0.571. The molecule has 1 unspecified atom stereocenters. The van der Waals surface area contributed by atoms with Crippen molar-refractivity contribution in [3.63, 3.8) is 0 Å². The fraction of sp³-hybridized carbons (Fsp3) is 0.160. The number of hydrogen-bond acceptors (Lipinski definition) is 6. The number of pyridine rings is 1. The van der Waals surface area contributed by atoms with Gasteiger partial charge in [0.05, 0.1) is 37.2 Å². The minimum Gasteiger partial charge on any atom is -0.505 e. The SMILES string of the molecule is COc1ccc(C2/C(=C(\O)c3c(C)nc4ccccn34)C(=O)C(=O)N2Cc2ccco2)cc1. The van der Waals surface area contributed by atoms with Crippen molar-refractivity contribution in [2.45, 2.75) is 19.5 Å². The van der Waals surface area contributed by atoms with E-state index in [1.54, 1.807) is 73.2 Å². The van der Waals surface area contributed by atoms with Crippen molar-refractivity contribution >= 4 is 23.1 Å². The van der Waals surface area contributed by atoms with Gasteiger partial charge in [0.2, 0.25) is 0 Å². The number of rotatable bonds is 5. The molecule has 8 nitrogen and oxygen atoms in total. The zero-order chi connectivity index (χ0) is 23.1. The summed E-state index contributed by atoms with van der Waals surface area (Å²) in [5, 5.41) is 11.4. The van der Waals surface area contributed by atoms with Crippen molar-refractivity contribution in [2.24, 2.45) is 0 Å². The zero-order valence-corrected chi connectivity index (χ0v) is 18.1. The highest BCUT2D eigenvalue weighted by molar-refractivity contribution is 6.46. The number of ketones is 1. The normalized spacial score (nSPS) is 17.8. The minimum absolute atomic E-state index is 0.00507. The Hall–Kier alpha value is -4.33. The summed E-state index contributed by atoms with van der Waals surface area (Å²) in [6, 6.07) is 15.2. The Kier molecular flexibility index (Phi) is 4.97. The first-order chi connectivity index (χ1) is 16.0. The molecule has 1 aromatic carbocycles. The number of aryl methyl sites for hydroxylation is 1. The number of carbonyl (C=O) groups excluding carboxylic acids is 2. The van der Waals surface area contributed by atoms with E-state index in [1.807, 2.05) is 6.07 Å². The largest absolute Gasteiger partial charge is 0.505 e. The average Bonchev–Trinajstić information content (AvgIpc) is 3.52. The number of ether oxygens (including phenoxy) is 1. The molecule has 1 aliphatic rings. The molecule has 5 rings (SSSR count). The van der Waals surface area contributed by atoms with E-state index in [4.69, 9.17) is 9.15 Å². The highest BCUT2D eigenvalue weighted by atomic mass is 16.5. The second-order valence-corrected chi connectivity index (χ2v) is 7.75. The molecule has 1 saturated heterocycles. The maximum atomic E-state index is 13.2. The molecule has 1 amide bonds. The van der Waals surface area contributed by atoms with Gasteiger partial charge in [0.1, 0.15) is 22.9 Å². The number of fused-ring (bicyclic) bond motifs is 1. The van der Waals surface area contributed by atoms with Gasteiger partial charge in [-0.25, -0.2) is 4.98 Å². The lowest BCUT2D eigenvalue weighted by Crippen LogP contribution is -2.29. The van der Waals surface area contributed by atoms with Crippen LogP contribution < -0.4 is 4.74 Å². The number of aliphatic hydroxyl groups is 1. The van der Waals surface area contributed by atoms with E-state index in [9.17, 15) is 14.7 Å². The molecule has 3 aromatic heterocycles. The molecule has 1 N–H and O–H groups in total. The quantitative estimate of drug-likeness (QED) is 0.286. The van der Waals surface area contributed by atoms with Crippen LogP contribution >= 0.6 is 0 Å². The Morgan fingerprint density at radius 3 is 2.61 bits per heavy atom. The molecule has 8 heteroatoms. The molecule has 1 aliphatic heterocycles. The van der Waals surface area contributed by atoms with Gasteiger partial charge < -0.3 is 19.2 Å². The van der Waals surface area contributed by atoms with E-state index in [2.05, 4.69) is 4.98 Å². The van der Waals surface area contributed by atoms with E-state index in [1.165, 1.54) is 11.2 Å². The fourth-order valence-electron chi connectivity index (χ4n) is 4.27. The summed E-state index contributed by atoms with van der Waals surface area (Å²) in [4.78, 5) is 32.2. The van der Waals surface area contributed by atoms with Gasteiger partial charge in [-0.1, -0.05) is 18.2 Å². The molecule has 33 heavy (non-hydrogen) atoms. The van der Waals surface area contributed by atoms with Gasteiger partial charge in [-0.15, -0.1) is 0 Å². The summed E-state index contributed by atoms with van der Waals surface area (Å²) in [5.41, 5.74) is 2.21. The number of imidazole rings is 1. The van der Waals surface area contributed by atoms with Crippen molar-refractivity contribution in [1.82, 2.24) is 14.3 Å². The maximum Gasteiger partial charge on any atom is 0.296 e.